The first-order chi connectivity index (χ1) is 11.6. The van der Waals surface area contributed by atoms with Crippen LogP contribution in [0.5, 0.6) is 0 Å². The van der Waals surface area contributed by atoms with Gasteiger partial charge in [0.25, 0.3) is 0 Å². The molecule has 2 aromatic carbocycles. The number of hydrogen-bond donors (Lipinski definition) is 0. The minimum atomic E-state index is -0.940. The molecule has 0 bridgehead atoms. The molecule has 0 aliphatic heterocycles. The molecule has 0 N–H and O–H groups in total. The molecule has 2 heterocycles. The molecule has 0 saturated heterocycles. The largest absolute Gasteiger partial charge is 0.335 e. The summed E-state index contributed by atoms with van der Waals surface area (Å²) in [6, 6.07) is 18.6. The Hall–Kier alpha value is -2.46. The molecule has 120 valence electrons. The van der Waals surface area contributed by atoms with Gasteiger partial charge >= 0.3 is 0 Å². The van der Waals surface area contributed by atoms with Crippen LogP contribution in [0.4, 0.5) is 0 Å². The third kappa shape index (κ3) is 2.53. The van der Waals surface area contributed by atoms with Crippen LogP contribution >= 0.6 is 0 Å². The minimum Gasteiger partial charge on any atom is -0.335 e. The maximum Gasteiger partial charge on any atom is 0.0959 e. The van der Waals surface area contributed by atoms with Crippen LogP contribution in [-0.4, -0.2) is 20.0 Å². The first kappa shape index (κ1) is 15.1. The van der Waals surface area contributed by atoms with Crippen LogP contribution in [-0.2, 0) is 17.3 Å². The first-order valence-electron chi connectivity index (χ1n) is 7.89. The number of aromatic nitrogens is 2. The van der Waals surface area contributed by atoms with E-state index in [9.17, 15) is 4.21 Å². The van der Waals surface area contributed by atoms with Gasteiger partial charge < -0.3 is 4.57 Å². The standard InChI is InChI=1S/C20H18N2OS/c1-14-5-10-18-17(12-14)20-19(4-3-11-21-20)22(18)13-15-6-8-16(9-7-15)24(2)23/h3-12H,13H2,1-2H3. The van der Waals surface area contributed by atoms with Crippen LogP contribution in [0.1, 0.15) is 11.1 Å². The van der Waals surface area contributed by atoms with Gasteiger partial charge in [-0.05, 0) is 48.9 Å². The van der Waals surface area contributed by atoms with Crippen molar-refractivity contribution in [3.63, 3.8) is 0 Å². The predicted molar refractivity (Wildman–Crippen MR) is 99.9 cm³/mol. The number of benzene rings is 2. The molecule has 1 atom stereocenters. The van der Waals surface area contributed by atoms with Crippen LogP contribution in [0.15, 0.2) is 65.7 Å². The topological polar surface area (TPSA) is 34.9 Å². The van der Waals surface area contributed by atoms with Gasteiger partial charge in [-0.1, -0.05) is 23.8 Å². The Morgan fingerprint density at radius 3 is 2.58 bits per heavy atom. The molecule has 0 aliphatic rings. The van der Waals surface area contributed by atoms with Crippen molar-refractivity contribution in [1.82, 2.24) is 9.55 Å². The van der Waals surface area contributed by atoms with E-state index in [1.165, 1.54) is 22.0 Å². The molecule has 4 rings (SSSR count). The Bertz CT molecular complexity index is 1060. The first-order valence-corrected chi connectivity index (χ1v) is 9.45. The number of nitrogens with zero attached hydrogens (tertiary/aromatic N) is 2. The number of aryl methyl sites for hydroxylation is 1. The molecule has 4 heteroatoms. The normalized spacial score (nSPS) is 12.8. The minimum absolute atomic E-state index is 0.769. The van der Waals surface area contributed by atoms with Gasteiger partial charge in [-0.25, -0.2) is 0 Å². The average molecular weight is 334 g/mol. The summed E-state index contributed by atoms with van der Waals surface area (Å²) in [5, 5.41) is 1.19. The van der Waals surface area contributed by atoms with E-state index in [0.717, 1.165) is 22.5 Å². The number of pyridine rings is 1. The van der Waals surface area contributed by atoms with Gasteiger partial charge in [0.15, 0.2) is 0 Å². The average Bonchev–Trinajstić information content (AvgIpc) is 2.89. The highest BCUT2D eigenvalue weighted by atomic mass is 32.2. The van der Waals surface area contributed by atoms with E-state index >= 15 is 0 Å². The van der Waals surface area contributed by atoms with E-state index in [0.29, 0.717) is 0 Å². The van der Waals surface area contributed by atoms with Gasteiger partial charge in [0.1, 0.15) is 0 Å². The Morgan fingerprint density at radius 1 is 1.04 bits per heavy atom. The Balaban J connectivity index is 1.87. The summed E-state index contributed by atoms with van der Waals surface area (Å²) in [5.41, 5.74) is 5.80. The summed E-state index contributed by atoms with van der Waals surface area (Å²) in [7, 11) is -0.940. The van der Waals surface area contributed by atoms with Crippen molar-refractivity contribution in [2.24, 2.45) is 0 Å². The van der Waals surface area contributed by atoms with Gasteiger partial charge in [-0.15, -0.1) is 0 Å². The molecule has 24 heavy (non-hydrogen) atoms. The molecule has 0 spiro atoms. The molecule has 3 nitrogen and oxygen atoms in total. The smallest absolute Gasteiger partial charge is 0.0959 e. The summed E-state index contributed by atoms with van der Waals surface area (Å²) in [6.07, 6.45) is 3.55. The Morgan fingerprint density at radius 2 is 1.83 bits per heavy atom. The lowest BCUT2D eigenvalue weighted by atomic mass is 10.1. The Labute approximate surface area is 143 Å². The quantitative estimate of drug-likeness (QED) is 0.560. The zero-order valence-corrected chi connectivity index (χ0v) is 14.5. The van der Waals surface area contributed by atoms with Crippen LogP contribution in [0, 0.1) is 6.92 Å². The van der Waals surface area contributed by atoms with Crippen molar-refractivity contribution in [3.8, 4) is 0 Å². The van der Waals surface area contributed by atoms with Crippen molar-refractivity contribution in [2.45, 2.75) is 18.4 Å². The molecule has 0 aliphatic carbocycles. The molecular formula is C20H18N2OS. The fourth-order valence-electron chi connectivity index (χ4n) is 3.17. The molecule has 0 fully saturated rings. The van der Waals surface area contributed by atoms with E-state index in [1.807, 2.05) is 24.4 Å². The number of hydrogen-bond acceptors (Lipinski definition) is 2. The van der Waals surface area contributed by atoms with E-state index < -0.39 is 10.8 Å². The second kappa shape index (κ2) is 5.87. The second-order valence-electron chi connectivity index (χ2n) is 6.08. The lowest BCUT2D eigenvalue weighted by molar-refractivity contribution is 0.686. The van der Waals surface area contributed by atoms with Gasteiger partial charge in [0.05, 0.1) is 16.6 Å². The van der Waals surface area contributed by atoms with Crippen molar-refractivity contribution < 1.29 is 4.21 Å². The van der Waals surface area contributed by atoms with Crippen molar-refractivity contribution in [3.05, 3.63) is 71.9 Å². The van der Waals surface area contributed by atoms with E-state index in [2.05, 4.69) is 52.9 Å². The molecule has 1 unspecified atom stereocenters. The SMILES string of the molecule is Cc1ccc2c(c1)c1ncccc1n2Cc1ccc(S(C)=O)cc1. The molecule has 0 amide bonds. The van der Waals surface area contributed by atoms with E-state index in [-0.39, 0.29) is 0 Å². The van der Waals surface area contributed by atoms with E-state index in [4.69, 9.17) is 0 Å². The number of fused-ring (bicyclic) bond motifs is 3. The van der Waals surface area contributed by atoms with E-state index in [1.54, 1.807) is 6.26 Å². The van der Waals surface area contributed by atoms with Gasteiger partial charge in [0, 0.05) is 40.1 Å². The lowest BCUT2D eigenvalue weighted by Gasteiger charge is -2.08. The predicted octanol–water partition coefficient (Wildman–Crippen LogP) is 4.28. The summed E-state index contributed by atoms with van der Waals surface area (Å²) in [4.78, 5) is 5.45. The highest BCUT2D eigenvalue weighted by Gasteiger charge is 2.11. The van der Waals surface area contributed by atoms with Crippen LogP contribution in [0.2, 0.25) is 0 Å². The molecule has 4 aromatic rings. The van der Waals surface area contributed by atoms with Gasteiger partial charge in [0.2, 0.25) is 0 Å². The summed E-state index contributed by atoms with van der Waals surface area (Å²) >= 11 is 0. The molecule has 0 saturated carbocycles. The second-order valence-corrected chi connectivity index (χ2v) is 7.46. The zero-order chi connectivity index (χ0) is 16.7. The van der Waals surface area contributed by atoms with Crippen LogP contribution in [0.3, 0.4) is 0 Å². The van der Waals surface area contributed by atoms with Crippen LogP contribution < -0.4 is 0 Å². The van der Waals surface area contributed by atoms with Crippen molar-refractivity contribution >= 4 is 32.7 Å². The Kier molecular flexibility index (Phi) is 3.69. The van der Waals surface area contributed by atoms with Gasteiger partial charge in [-0.3, -0.25) is 9.19 Å². The third-order valence-corrected chi connectivity index (χ3v) is 5.31. The highest BCUT2D eigenvalue weighted by Crippen LogP contribution is 2.29. The maximum atomic E-state index is 11.6. The van der Waals surface area contributed by atoms with Crippen LogP contribution in [0.25, 0.3) is 21.9 Å². The van der Waals surface area contributed by atoms with Crippen molar-refractivity contribution in [2.75, 3.05) is 6.26 Å². The lowest BCUT2D eigenvalue weighted by Crippen LogP contribution is -2.00. The fraction of sp³-hybridized carbons (Fsp3) is 0.150. The molecular weight excluding hydrogens is 316 g/mol. The van der Waals surface area contributed by atoms with Gasteiger partial charge in [-0.2, -0.15) is 0 Å². The number of rotatable bonds is 3. The zero-order valence-electron chi connectivity index (χ0n) is 13.7. The third-order valence-electron chi connectivity index (χ3n) is 4.37. The molecule has 0 radical (unpaired) electrons. The highest BCUT2D eigenvalue weighted by molar-refractivity contribution is 7.84. The summed E-state index contributed by atoms with van der Waals surface area (Å²) in [5.74, 6) is 0. The monoisotopic (exact) mass is 334 g/mol. The fourth-order valence-corrected chi connectivity index (χ4v) is 3.69. The molecule has 2 aromatic heterocycles. The summed E-state index contributed by atoms with van der Waals surface area (Å²) in [6.45, 7) is 2.88. The van der Waals surface area contributed by atoms with Crippen molar-refractivity contribution in [1.29, 1.82) is 0 Å². The maximum absolute atomic E-state index is 11.6. The summed E-state index contributed by atoms with van der Waals surface area (Å²) < 4.78 is 13.9.